The molecular weight excluding hydrogens is 365 g/mol. The monoisotopic (exact) mass is 383 g/mol. The average Bonchev–Trinajstić information content (AvgIpc) is 3.35. The normalized spacial score (nSPS) is 16.6. The van der Waals surface area contributed by atoms with Crippen LogP contribution in [0.2, 0.25) is 0 Å². The molecule has 4 rings (SSSR count). The summed E-state index contributed by atoms with van der Waals surface area (Å²) in [6.45, 7) is 0.520. The second kappa shape index (κ2) is 7.44. The molecule has 3 aromatic rings. The van der Waals surface area contributed by atoms with Crippen LogP contribution in [0.15, 0.2) is 58.7 Å². The fraction of sp³-hybridized carbons (Fsp3) is 0.250. The molecule has 0 saturated carbocycles. The summed E-state index contributed by atoms with van der Waals surface area (Å²) >= 11 is 1.63. The van der Waals surface area contributed by atoms with Gasteiger partial charge in [0.2, 0.25) is 5.91 Å². The maximum absolute atomic E-state index is 14.0. The lowest BCUT2D eigenvalue weighted by Crippen LogP contribution is -2.36. The quantitative estimate of drug-likeness (QED) is 0.693. The van der Waals surface area contributed by atoms with Crippen molar-refractivity contribution in [2.45, 2.75) is 25.4 Å². The number of carbonyl (C=O) groups excluding carboxylic acids is 1. The van der Waals surface area contributed by atoms with E-state index in [9.17, 15) is 14.0 Å². The molecule has 0 aliphatic carbocycles. The van der Waals surface area contributed by atoms with Crippen LogP contribution in [0, 0.1) is 5.82 Å². The molecule has 2 aromatic heterocycles. The van der Waals surface area contributed by atoms with Gasteiger partial charge in [-0.1, -0.05) is 18.2 Å². The fourth-order valence-corrected chi connectivity index (χ4v) is 4.31. The Morgan fingerprint density at radius 1 is 1.19 bits per heavy atom. The lowest BCUT2D eigenvalue weighted by molar-refractivity contribution is -0.133. The van der Waals surface area contributed by atoms with Crippen LogP contribution < -0.4 is 5.56 Å². The first-order valence-electron chi connectivity index (χ1n) is 8.79. The smallest absolute Gasteiger partial charge is 0.267 e. The van der Waals surface area contributed by atoms with Gasteiger partial charge in [0.25, 0.3) is 5.56 Å². The zero-order valence-corrected chi connectivity index (χ0v) is 15.4. The number of likely N-dealkylation sites (tertiary alicyclic amines) is 1. The maximum atomic E-state index is 14.0. The van der Waals surface area contributed by atoms with E-state index in [-0.39, 0.29) is 24.1 Å². The third kappa shape index (κ3) is 3.55. The van der Waals surface area contributed by atoms with Crippen molar-refractivity contribution in [3.05, 3.63) is 75.0 Å². The van der Waals surface area contributed by atoms with E-state index in [2.05, 4.69) is 5.10 Å². The SMILES string of the molecule is O=C(Cn1nc(-c2ccccc2F)ccc1=O)N1CCCC1c1cccs1. The van der Waals surface area contributed by atoms with E-state index in [4.69, 9.17) is 0 Å². The summed E-state index contributed by atoms with van der Waals surface area (Å²) in [6.07, 6.45) is 1.86. The third-order valence-electron chi connectivity index (χ3n) is 4.75. The highest BCUT2D eigenvalue weighted by Gasteiger charge is 2.30. The zero-order valence-electron chi connectivity index (χ0n) is 14.5. The van der Waals surface area contributed by atoms with Gasteiger partial charge in [-0.3, -0.25) is 9.59 Å². The van der Waals surface area contributed by atoms with Gasteiger partial charge in [0.15, 0.2) is 0 Å². The number of thiophene rings is 1. The molecule has 1 saturated heterocycles. The number of benzene rings is 1. The summed E-state index contributed by atoms with van der Waals surface area (Å²) in [5.41, 5.74) is 0.253. The van der Waals surface area contributed by atoms with Crippen LogP contribution in [0.1, 0.15) is 23.8 Å². The molecule has 1 aliphatic heterocycles. The molecular formula is C20H18FN3O2S. The van der Waals surface area contributed by atoms with Crippen LogP contribution in [0.5, 0.6) is 0 Å². The van der Waals surface area contributed by atoms with Crippen LogP contribution >= 0.6 is 11.3 Å². The summed E-state index contributed by atoms with van der Waals surface area (Å²) in [7, 11) is 0. The Morgan fingerprint density at radius 3 is 2.81 bits per heavy atom. The number of hydrogen-bond donors (Lipinski definition) is 0. The van der Waals surface area contributed by atoms with Crippen LogP contribution in [-0.4, -0.2) is 27.1 Å². The van der Waals surface area contributed by atoms with Gasteiger partial charge in [0.05, 0.1) is 11.7 Å². The lowest BCUT2D eigenvalue weighted by atomic mass is 10.1. The van der Waals surface area contributed by atoms with Gasteiger partial charge in [-0.25, -0.2) is 9.07 Å². The number of amides is 1. The van der Waals surface area contributed by atoms with Crippen molar-refractivity contribution in [2.24, 2.45) is 0 Å². The second-order valence-corrected chi connectivity index (χ2v) is 7.43. The highest BCUT2D eigenvalue weighted by atomic mass is 32.1. The Kier molecular flexibility index (Phi) is 4.85. The molecule has 0 radical (unpaired) electrons. The predicted molar refractivity (Wildman–Crippen MR) is 102 cm³/mol. The lowest BCUT2D eigenvalue weighted by Gasteiger charge is -2.24. The maximum Gasteiger partial charge on any atom is 0.267 e. The van der Waals surface area contributed by atoms with Gasteiger partial charge in [-0.2, -0.15) is 5.10 Å². The summed E-state index contributed by atoms with van der Waals surface area (Å²) in [5, 5.41) is 6.22. The minimum atomic E-state index is -0.418. The second-order valence-electron chi connectivity index (χ2n) is 6.45. The molecule has 1 aromatic carbocycles. The van der Waals surface area contributed by atoms with E-state index in [0.717, 1.165) is 22.4 Å². The first-order valence-corrected chi connectivity index (χ1v) is 9.67. The first-order chi connectivity index (χ1) is 13.1. The molecule has 1 amide bonds. The summed E-state index contributed by atoms with van der Waals surface area (Å²) in [6, 6.07) is 13.1. The van der Waals surface area contributed by atoms with Crippen LogP contribution in [-0.2, 0) is 11.3 Å². The minimum absolute atomic E-state index is 0.0583. The zero-order chi connectivity index (χ0) is 18.8. The fourth-order valence-electron chi connectivity index (χ4n) is 3.44. The number of aromatic nitrogens is 2. The van der Waals surface area contributed by atoms with Crippen molar-refractivity contribution in [1.82, 2.24) is 14.7 Å². The van der Waals surface area contributed by atoms with Crippen LogP contribution in [0.25, 0.3) is 11.3 Å². The largest absolute Gasteiger partial charge is 0.333 e. The summed E-state index contributed by atoms with van der Waals surface area (Å²) < 4.78 is 15.1. The molecule has 0 N–H and O–H groups in total. The van der Waals surface area contributed by atoms with Crippen LogP contribution in [0.4, 0.5) is 4.39 Å². The minimum Gasteiger partial charge on any atom is -0.333 e. The molecule has 7 heteroatoms. The van der Waals surface area contributed by atoms with E-state index in [1.807, 2.05) is 22.4 Å². The highest BCUT2D eigenvalue weighted by Crippen LogP contribution is 2.34. The van der Waals surface area contributed by atoms with E-state index in [1.165, 1.54) is 18.2 Å². The van der Waals surface area contributed by atoms with Crippen molar-refractivity contribution in [3.8, 4) is 11.3 Å². The van der Waals surface area contributed by atoms with Gasteiger partial charge in [0.1, 0.15) is 12.4 Å². The Labute approximate surface area is 159 Å². The van der Waals surface area contributed by atoms with E-state index >= 15 is 0 Å². The molecule has 5 nitrogen and oxygen atoms in total. The molecule has 0 spiro atoms. The van der Waals surface area contributed by atoms with Gasteiger partial charge in [-0.05, 0) is 42.5 Å². The van der Waals surface area contributed by atoms with Gasteiger partial charge >= 0.3 is 0 Å². The van der Waals surface area contributed by atoms with Gasteiger partial charge in [-0.15, -0.1) is 11.3 Å². The van der Waals surface area contributed by atoms with Crippen molar-refractivity contribution < 1.29 is 9.18 Å². The summed E-state index contributed by atoms with van der Waals surface area (Å²) in [4.78, 5) is 28.0. The van der Waals surface area contributed by atoms with Gasteiger partial charge < -0.3 is 4.90 Å². The molecule has 138 valence electrons. The van der Waals surface area contributed by atoms with Crippen molar-refractivity contribution >= 4 is 17.2 Å². The molecule has 0 bridgehead atoms. The Morgan fingerprint density at radius 2 is 2.04 bits per heavy atom. The Bertz CT molecular complexity index is 1020. The van der Waals surface area contributed by atoms with E-state index in [1.54, 1.807) is 29.5 Å². The average molecular weight is 383 g/mol. The third-order valence-corrected chi connectivity index (χ3v) is 5.72. The topological polar surface area (TPSA) is 55.2 Å². The van der Waals surface area contributed by atoms with Crippen molar-refractivity contribution in [3.63, 3.8) is 0 Å². The number of hydrogen-bond acceptors (Lipinski definition) is 4. The molecule has 1 unspecified atom stereocenters. The standard InChI is InChI=1S/C20H18FN3O2S/c21-15-6-2-1-5-14(15)16-9-10-19(25)24(22-16)13-20(26)23-11-3-7-17(23)18-8-4-12-27-18/h1-2,4-6,8-10,12,17H,3,7,11,13H2. The highest BCUT2D eigenvalue weighted by molar-refractivity contribution is 7.10. The predicted octanol–water partition coefficient (Wildman–Crippen LogP) is 3.47. The van der Waals surface area contributed by atoms with E-state index < -0.39 is 5.82 Å². The number of halogens is 1. The molecule has 1 atom stereocenters. The molecule has 3 heterocycles. The van der Waals surface area contributed by atoms with Crippen molar-refractivity contribution in [2.75, 3.05) is 6.54 Å². The molecule has 1 aliphatic rings. The number of nitrogens with zero attached hydrogens (tertiary/aromatic N) is 3. The molecule has 27 heavy (non-hydrogen) atoms. The van der Waals surface area contributed by atoms with Crippen molar-refractivity contribution in [1.29, 1.82) is 0 Å². The van der Waals surface area contributed by atoms with E-state index in [0.29, 0.717) is 17.8 Å². The number of carbonyl (C=O) groups is 1. The van der Waals surface area contributed by atoms with Gasteiger partial charge in [0, 0.05) is 23.1 Å². The number of rotatable bonds is 4. The molecule has 1 fully saturated rings. The first kappa shape index (κ1) is 17.6. The Hall–Kier alpha value is -2.80. The summed E-state index contributed by atoms with van der Waals surface area (Å²) in [5.74, 6) is -0.565. The van der Waals surface area contributed by atoms with Crippen LogP contribution in [0.3, 0.4) is 0 Å². The Balaban J connectivity index is 1.59.